The van der Waals surface area contributed by atoms with Gasteiger partial charge in [-0.15, -0.1) is 0 Å². The summed E-state index contributed by atoms with van der Waals surface area (Å²) >= 11 is 0. The highest BCUT2D eigenvalue weighted by Gasteiger charge is 2.38. The van der Waals surface area contributed by atoms with E-state index in [0.29, 0.717) is 0 Å². The van der Waals surface area contributed by atoms with Gasteiger partial charge in [-0.05, 0) is 36.8 Å². The van der Waals surface area contributed by atoms with E-state index in [9.17, 15) is 18.7 Å². The number of carbonyl (C=O) groups excluding carboxylic acids is 1. The molecule has 1 amide bonds. The van der Waals surface area contributed by atoms with Gasteiger partial charge in [0.1, 0.15) is 17.2 Å². The third-order valence-electron chi connectivity index (χ3n) is 4.05. The zero-order chi connectivity index (χ0) is 17.3. The lowest BCUT2D eigenvalue weighted by Crippen LogP contribution is -2.32. The Labute approximate surface area is 137 Å². The van der Waals surface area contributed by atoms with Gasteiger partial charge in [-0.25, -0.2) is 13.8 Å². The highest BCUT2D eigenvalue weighted by Crippen LogP contribution is 2.35. The molecular weight excluding hydrogens is 318 g/mol. The Morgan fingerprint density at radius 3 is 2.92 bits per heavy atom. The predicted octanol–water partition coefficient (Wildman–Crippen LogP) is 2.32. The van der Waals surface area contributed by atoms with E-state index in [-0.39, 0.29) is 30.0 Å². The number of aromatic nitrogens is 1. The lowest BCUT2D eigenvalue weighted by Gasteiger charge is -2.25. The first-order valence-corrected chi connectivity index (χ1v) is 7.44. The number of hydrogen-bond acceptors (Lipinski definition) is 4. The molecule has 2 heterocycles. The fourth-order valence-electron chi connectivity index (χ4n) is 2.97. The van der Waals surface area contributed by atoms with Crippen LogP contribution < -0.4 is 4.74 Å². The molecule has 0 radical (unpaired) electrons. The molecule has 5 nitrogen and oxygen atoms in total. The van der Waals surface area contributed by atoms with Crippen LogP contribution in [-0.2, 0) is 0 Å². The zero-order valence-electron chi connectivity index (χ0n) is 12.9. The van der Waals surface area contributed by atoms with Crippen molar-refractivity contribution in [3.63, 3.8) is 0 Å². The van der Waals surface area contributed by atoms with Crippen molar-refractivity contribution in [2.75, 3.05) is 13.7 Å². The number of nitrogens with zero attached hydrogens (tertiary/aromatic N) is 2. The van der Waals surface area contributed by atoms with E-state index < -0.39 is 29.7 Å². The molecule has 0 spiro atoms. The van der Waals surface area contributed by atoms with Gasteiger partial charge in [-0.2, -0.15) is 0 Å². The minimum Gasteiger partial charge on any atom is -0.480 e. The van der Waals surface area contributed by atoms with Crippen LogP contribution in [-0.4, -0.2) is 40.7 Å². The Kier molecular flexibility index (Phi) is 4.44. The van der Waals surface area contributed by atoms with Gasteiger partial charge >= 0.3 is 0 Å². The molecule has 1 aliphatic rings. The summed E-state index contributed by atoms with van der Waals surface area (Å²) in [6, 6.07) is 5.45. The van der Waals surface area contributed by atoms with Crippen molar-refractivity contribution in [2.45, 2.75) is 18.6 Å². The Balaban J connectivity index is 1.99. The van der Waals surface area contributed by atoms with E-state index in [2.05, 4.69) is 4.98 Å². The van der Waals surface area contributed by atoms with Crippen LogP contribution in [0, 0.1) is 11.6 Å². The van der Waals surface area contributed by atoms with Crippen molar-refractivity contribution < 1.29 is 23.4 Å². The van der Waals surface area contributed by atoms with Crippen molar-refractivity contribution >= 4 is 5.91 Å². The number of carbonyl (C=O) groups is 1. The minimum atomic E-state index is -0.815. The molecule has 1 aromatic carbocycles. The van der Waals surface area contributed by atoms with Crippen LogP contribution in [0.5, 0.6) is 5.88 Å². The molecule has 0 bridgehead atoms. The first-order chi connectivity index (χ1) is 11.5. The number of pyridine rings is 1. The normalized spacial score (nSPS) is 20.2. The number of benzene rings is 1. The summed E-state index contributed by atoms with van der Waals surface area (Å²) in [5.41, 5.74) is 0.249. The highest BCUT2D eigenvalue weighted by molar-refractivity contribution is 5.96. The monoisotopic (exact) mass is 334 g/mol. The summed E-state index contributed by atoms with van der Waals surface area (Å²) < 4.78 is 32.7. The fourth-order valence-corrected chi connectivity index (χ4v) is 2.97. The summed E-state index contributed by atoms with van der Waals surface area (Å²) in [6.07, 6.45) is 0.802. The van der Waals surface area contributed by atoms with Crippen LogP contribution in [0.25, 0.3) is 0 Å². The summed E-state index contributed by atoms with van der Waals surface area (Å²) in [6.45, 7) is 0.0253. The highest BCUT2D eigenvalue weighted by atomic mass is 19.1. The van der Waals surface area contributed by atoms with Gasteiger partial charge in [-0.3, -0.25) is 4.79 Å². The maximum absolute atomic E-state index is 14.1. The Hall–Kier alpha value is -2.54. The van der Waals surface area contributed by atoms with Gasteiger partial charge in [0.2, 0.25) is 5.88 Å². The van der Waals surface area contributed by atoms with E-state index in [1.165, 1.54) is 24.3 Å². The molecule has 3 rings (SSSR count). The number of ether oxygens (including phenoxy) is 1. The van der Waals surface area contributed by atoms with E-state index in [0.717, 1.165) is 18.2 Å². The molecule has 1 aliphatic heterocycles. The second kappa shape index (κ2) is 6.52. The number of halogens is 2. The van der Waals surface area contributed by atoms with Crippen LogP contribution in [0.1, 0.15) is 28.4 Å². The molecule has 2 aromatic rings. The van der Waals surface area contributed by atoms with Crippen LogP contribution in [0.2, 0.25) is 0 Å². The van der Waals surface area contributed by atoms with E-state index >= 15 is 0 Å². The van der Waals surface area contributed by atoms with Crippen LogP contribution in [0.4, 0.5) is 8.78 Å². The van der Waals surface area contributed by atoms with E-state index in [4.69, 9.17) is 4.74 Å². The van der Waals surface area contributed by atoms with E-state index in [1.54, 1.807) is 6.07 Å². The summed E-state index contributed by atoms with van der Waals surface area (Å²) in [4.78, 5) is 18.1. The number of hydrogen-bond donors (Lipinski definition) is 1. The standard InChI is InChI=1S/C17H16F2N2O3/c1-24-16-12(3-2-6-20-16)17(23)21-9-11(22)8-15(21)13-7-10(18)4-5-14(13)19/h2-7,11,15,22H,8-9H2,1H3/t11-,15+/m0/s1. The van der Waals surface area contributed by atoms with Crippen LogP contribution in [0.3, 0.4) is 0 Å². The van der Waals surface area contributed by atoms with Crippen LogP contribution in [0.15, 0.2) is 36.5 Å². The first-order valence-electron chi connectivity index (χ1n) is 7.44. The van der Waals surface area contributed by atoms with Crippen molar-refractivity contribution in [2.24, 2.45) is 0 Å². The number of aliphatic hydroxyl groups is 1. The van der Waals surface area contributed by atoms with Gasteiger partial charge in [0.25, 0.3) is 5.91 Å². The summed E-state index contributed by atoms with van der Waals surface area (Å²) in [5, 5.41) is 9.96. The molecule has 24 heavy (non-hydrogen) atoms. The summed E-state index contributed by atoms with van der Waals surface area (Å²) in [5.74, 6) is -1.53. The molecule has 0 unspecified atom stereocenters. The topological polar surface area (TPSA) is 62.7 Å². The fraction of sp³-hybridized carbons (Fsp3) is 0.294. The number of likely N-dealkylation sites (tertiary alicyclic amines) is 1. The number of aliphatic hydroxyl groups excluding tert-OH is 1. The molecule has 2 atom stereocenters. The molecular formula is C17H16F2N2O3. The molecule has 1 N–H and O–H groups in total. The maximum atomic E-state index is 14.1. The molecule has 0 aliphatic carbocycles. The molecule has 0 saturated carbocycles. The zero-order valence-corrected chi connectivity index (χ0v) is 12.9. The first kappa shape index (κ1) is 16.3. The smallest absolute Gasteiger partial charge is 0.259 e. The average Bonchev–Trinajstić information content (AvgIpc) is 2.98. The van der Waals surface area contributed by atoms with Gasteiger partial charge in [-0.1, -0.05) is 0 Å². The van der Waals surface area contributed by atoms with Gasteiger partial charge in [0.15, 0.2) is 0 Å². The van der Waals surface area contributed by atoms with Crippen molar-refractivity contribution in [3.8, 4) is 5.88 Å². The lowest BCUT2D eigenvalue weighted by molar-refractivity contribution is 0.0709. The number of rotatable bonds is 3. The SMILES string of the molecule is COc1ncccc1C(=O)N1C[C@@H](O)C[C@@H]1c1cc(F)ccc1F. The summed E-state index contributed by atoms with van der Waals surface area (Å²) in [7, 11) is 1.39. The Bertz CT molecular complexity index is 769. The van der Waals surface area contributed by atoms with Crippen molar-refractivity contribution in [1.29, 1.82) is 0 Å². The largest absolute Gasteiger partial charge is 0.480 e. The van der Waals surface area contributed by atoms with Crippen LogP contribution >= 0.6 is 0 Å². The van der Waals surface area contributed by atoms with Crippen molar-refractivity contribution in [3.05, 3.63) is 59.3 Å². The number of β-amino-alcohol motifs (C(OH)–C–C–N with tert-alkyl or cyclic N) is 1. The number of methoxy groups -OCH3 is 1. The number of amides is 1. The van der Waals surface area contributed by atoms with Gasteiger partial charge in [0, 0.05) is 18.3 Å². The third-order valence-corrected chi connectivity index (χ3v) is 4.05. The quantitative estimate of drug-likeness (QED) is 0.936. The Morgan fingerprint density at radius 1 is 1.38 bits per heavy atom. The molecule has 1 fully saturated rings. The van der Waals surface area contributed by atoms with E-state index in [1.807, 2.05) is 0 Å². The maximum Gasteiger partial charge on any atom is 0.259 e. The molecule has 126 valence electrons. The Morgan fingerprint density at radius 2 is 2.17 bits per heavy atom. The molecule has 1 saturated heterocycles. The lowest BCUT2D eigenvalue weighted by atomic mass is 10.0. The minimum absolute atomic E-state index is 0.0253. The predicted molar refractivity (Wildman–Crippen MR) is 81.5 cm³/mol. The van der Waals surface area contributed by atoms with Gasteiger partial charge in [0.05, 0.1) is 19.3 Å². The van der Waals surface area contributed by atoms with Gasteiger partial charge < -0.3 is 14.7 Å². The second-order valence-corrected chi connectivity index (χ2v) is 5.59. The second-order valence-electron chi connectivity index (χ2n) is 5.59. The average molecular weight is 334 g/mol. The molecule has 1 aromatic heterocycles. The molecule has 7 heteroatoms. The van der Waals surface area contributed by atoms with Crippen molar-refractivity contribution in [1.82, 2.24) is 9.88 Å². The third kappa shape index (κ3) is 2.94.